The van der Waals surface area contributed by atoms with Crippen molar-refractivity contribution in [3.8, 4) is 5.75 Å². The van der Waals surface area contributed by atoms with Crippen LogP contribution in [0.1, 0.15) is 45.6 Å². The van der Waals surface area contributed by atoms with E-state index in [9.17, 15) is 18.0 Å². The molecule has 0 aliphatic rings. The summed E-state index contributed by atoms with van der Waals surface area (Å²) in [7, 11) is -2.03. The molecule has 0 aromatic heterocycles. The lowest BCUT2D eigenvalue weighted by atomic mass is 10.1. The fraction of sp³-hybridized carbons (Fsp3) is 0.462. The van der Waals surface area contributed by atoms with Crippen LogP contribution >= 0.6 is 11.6 Å². The van der Waals surface area contributed by atoms with Crippen molar-refractivity contribution in [1.29, 1.82) is 0 Å². The predicted octanol–water partition coefficient (Wildman–Crippen LogP) is 4.23. The average Bonchev–Trinajstić information content (AvgIpc) is 2.83. The van der Waals surface area contributed by atoms with E-state index < -0.39 is 16.1 Å². The first-order valence-corrected chi connectivity index (χ1v) is 14.1. The van der Waals surface area contributed by atoms with Crippen molar-refractivity contribution >= 4 is 39.1 Å². The molecular weight excluding hydrogens is 502 g/mol. The molecule has 0 fully saturated rings. The van der Waals surface area contributed by atoms with Crippen molar-refractivity contribution in [2.24, 2.45) is 0 Å². The summed E-state index contributed by atoms with van der Waals surface area (Å²) in [4.78, 5) is 27.7. The third-order valence-electron chi connectivity index (χ3n) is 5.92. The van der Waals surface area contributed by atoms with Crippen LogP contribution in [0.25, 0.3) is 0 Å². The molecule has 2 rings (SSSR count). The number of sulfonamides is 1. The summed E-state index contributed by atoms with van der Waals surface area (Å²) in [6, 6.07) is 13.1. The molecule has 0 spiro atoms. The summed E-state index contributed by atoms with van der Waals surface area (Å²) in [6.45, 7) is 5.91. The van der Waals surface area contributed by atoms with E-state index >= 15 is 0 Å². The molecule has 2 unspecified atom stereocenters. The Morgan fingerprint density at radius 1 is 1.11 bits per heavy atom. The highest BCUT2D eigenvalue weighted by atomic mass is 35.5. The number of anilines is 1. The maximum Gasteiger partial charge on any atom is 0.242 e. The van der Waals surface area contributed by atoms with E-state index in [1.54, 1.807) is 49.4 Å². The minimum Gasteiger partial charge on any atom is -0.497 e. The molecule has 0 bridgehead atoms. The highest BCUT2D eigenvalue weighted by Gasteiger charge is 2.27. The lowest BCUT2D eigenvalue weighted by molar-refractivity contribution is -0.140. The van der Waals surface area contributed by atoms with Crippen LogP contribution in [0.2, 0.25) is 5.02 Å². The zero-order chi connectivity index (χ0) is 26.9. The first kappa shape index (κ1) is 29.5. The fourth-order valence-electron chi connectivity index (χ4n) is 3.63. The molecule has 2 aromatic carbocycles. The number of nitrogens with zero attached hydrogens (tertiary/aromatic N) is 2. The van der Waals surface area contributed by atoms with E-state index in [4.69, 9.17) is 16.3 Å². The van der Waals surface area contributed by atoms with Gasteiger partial charge in [0.15, 0.2) is 0 Å². The zero-order valence-corrected chi connectivity index (χ0v) is 23.1. The van der Waals surface area contributed by atoms with Crippen molar-refractivity contribution in [1.82, 2.24) is 10.2 Å². The molecule has 1 N–H and O–H groups in total. The number of rotatable bonds is 13. The number of nitrogens with one attached hydrogen (secondary N) is 1. The second-order valence-corrected chi connectivity index (χ2v) is 11.1. The zero-order valence-electron chi connectivity index (χ0n) is 21.5. The van der Waals surface area contributed by atoms with Gasteiger partial charge in [0, 0.05) is 30.6 Å². The van der Waals surface area contributed by atoms with Gasteiger partial charge in [-0.3, -0.25) is 13.9 Å². The van der Waals surface area contributed by atoms with Crippen LogP contribution in [0.4, 0.5) is 5.69 Å². The van der Waals surface area contributed by atoms with Crippen LogP contribution < -0.4 is 14.4 Å². The van der Waals surface area contributed by atoms with E-state index in [2.05, 4.69) is 5.32 Å². The summed E-state index contributed by atoms with van der Waals surface area (Å²) < 4.78 is 31.3. The standard InChI is InChI=1S/C26H36ClN3O5S/c1-6-19(2)28-26(32)20(3)29(18-21-9-7-10-22(27)17-21)25(31)11-8-16-30(36(5,33)34)23-12-14-24(35-4)15-13-23/h7,9-10,12-15,17,19-20H,6,8,11,16,18H2,1-5H3,(H,28,32). The van der Waals surface area contributed by atoms with Gasteiger partial charge >= 0.3 is 0 Å². The smallest absolute Gasteiger partial charge is 0.242 e. The molecule has 2 aromatic rings. The molecule has 2 amide bonds. The van der Waals surface area contributed by atoms with Crippen LogP contribution in [0.15, 0.2) is 48.5 Å². The van der Waals surface area contributed by atoms with Crippen LogP contribution in [-0.4, -0.2) is 57.1 Å². The molecule has 2 atom stereocenters. The molecule has 36 heavy (non-hydrogen) atoms. The Balaban J connectivity index is 2.17. The number of hydrogen-bond donors (Lipinski definition) is 1. The van der Waals surface area contributed by atoms with E-state index in [0.29, 0.717) is 16.5 Å². The first-order valence-electron chi connectivity index (χ1n) is 11.9. The van der Waals surface area contributed by atoms with Gasteiger partial charge in [-0.05, 0) is 68.7 Å². The summed E-state index contributed by atoms with van der Waals surface area (Å²) in [5.74, 6) is 0.129. The lowest BCUT2D eigenvalue weighted by Crippen LogP contribution is -2.49. The van der Waals surface area contributed by atoms with E-state index in [1.807, 2.05) is 19.9 Å². The third kappa shape index (κ3) is 8.71. The van der Waals surface area contributed by atoms with Crippen molar-refractivity contribution in [2.45, 2.75) is 58.7 Å². The summed E-state index contributed by atoms with van der Waals surface area (Å²) in [5, 5.41) is 3.47. The number of carbonyl (C=O) groups excluding carboxylic acids is 2. The lowest BCUT2D eigenvalue weighted by Gasteiger charge is -2.30. The monoisotopic (exact) mass is 537 g/mol. The van der Waals surface area contributed by atoms with Crippen molar-refractivity contribution in [2.75, 3.05) is 24.2 Å². The molecule has 10 heteroatoms. The highest BCUT2D eigenvalue weighted by molar-refractivity contribution is 7.92. The first-order chi connectivity index (χ1) is 17.0. The molecule has 0 radical (unpaired) electrons. The SMILES string of the molecule is CCC(C)NC(=O)C(C)N(Cc1cccc(Cl)c1)C(=O)CCCN(c1ccc(OC)cc1)S(C)(=O)=O. The number of benzene rings is 2. The molecule has 198 valence electrons. The van der Waals surface area contributed by atoms with Gasteiger partial charge in [0.2, 0.25) is 21.8 Å². The Kier molecular flexibility index (Phi) is 11.0. The van der Waals surface area contributed by atoms with Gasteiger partial charge in [0.05, 0.1) is 19.1 Å². The van der Waals surface area contributed by atoms with Crippen molar-refractivity contribution in [3.05, 3.63) is 59.1 Å². The minimum absolute atomic E-state index is 0.0177. The Bertz CT molecular complexity index is 1120. The summed E-state index contributed by atoms with van der Waals surface area (Å²) in [6.07, 6.45) is 2.26. The third-order valence-corrected chi connectivity index (χ3v) is 7.35. The number of amides is 2. The number of hydrogen-bond acceptors (Lipinski definition) is 5. The largest absolute Gasteiger partial charge is 0.497 e. The molecule has 0 aliphatic carbocycles. The minimum atomic E-state index is -3.57. The normalized spacial score (nSPS) is 12.9. The summed E-state index contributed by atoms with van der Waals surface area (Å²) in [5.41, 5.74) is 1.29. The number of carbonyl (C=O) groups is 2. The summed E-state index contributed by atoms with van der Waals surface area (Å²) >= 11 is 6.12. The quantitative estimate of drug-likeness (QED) is 0.412. The van der Waals surface area contributed by atoms with Crippen molar-refractivity contribution in [3.63, 3.8) is 0 Å². The second-order valence-electron chi connectivity index (χ2n) is 8.78. The Hall–Kier alpha value is -2.78. The van der Waals surface area contributed by atoms with Crippen LogP contribution in [0, 0.1) is 0 Å². The van der Waals surface area contributed by atoms with Crippen molar-refractivity contribution < 1.29 is 22.7 Å². The van der Waals surface area contributed by atoms with Gasteiger partial charge in [-0.15, -0.1) is 0 Å². The fourth-order valence-corrected chi connectivity index (χ4v) is 4.81. The Morgan fingerprint density at radius 3 is 2.33 bits per heavy atom. The van der Waals surface area contributed by atoms with E-state index in [1.165, 1.54) is 16.3 Å². The topological polar surface area (TPSA) is 96.0 Å². The molecule has 8 nitrogen and oxygen atoms in total. The number of methoxy groups -OCH3 is 1. The van der Waals surface area contributed by atoms with Crippen LogP contribution in [0.3, 0.4) is 0 Å². The average molecular weight is 538 g/mol. The molecule has 0 saturated heterocycles. The number of halogens is 1. The second kappa shape index (κ2) is 13.5. The van der Waals surface area contributed by atoms with Crippen LogP contribution in [-0.2, 0) is 26.2 Å². The highest BCUT2D eigenvalue weighted by Crippen LogP contribution is 2.22. The molecular formula is C26H36ClN3O5S. The van der Waals surface area contributed by atoms with Gasteiger partial charge in [0.25, 0.3) is 0 Å². The van der Waals surface area contributed by atoms with E-state index in [0.717, 1.165) is 18.2 Å². The van der Waals surface area contributed by atoms with Gasteiger partial charge in [-0.1, -0.05) is 30.7 Å². The predicted molar refractivity (Wildman–Crippen MR) is 144 cm³/mol. The number of ether oxygens (including phenoxy) is 1. The maximum absolute atomic E-state index is 13.3. The van der Waals surface area contributed by atoms with Gasteiger partial charge in [-0.25, -0.2) is 8.42 Å². The van der Waals surface area contributed by atoms with E-state index in [-0.39, 0.29) is 43.8 Å². The van der Waals surface area contributed by atoms with Gasteiger partial charge < -0.3 is 15.0 Å². The maximum atomic E-state index is 13.3. The van der Waals surface area contributed by atoms with Gasteiger partial charge in [0.1, 0.15) is 11.8 Å². The molecule has 0 saturated carbocycles. The Labute approximate surface area is 219 Å². The van der Waals surface area contributed by atoms with Gasteiger partial charge in [-0.2, -0.15) is 0 Å². The Morgan fingerprint density at radius 2 is 1.78 bits per heavy atom. The van der Waals surface area contributed by atoms with Crippen LogP contribution in [0.5, 0.6) is 5.75 Å². The molecule has 0 aliphatic heterocycles. The molecule has 0 heterocycles.